The second-order valence-corrected chi connectivity index (χ2v) is 12.3. The summed E-state index contributed by atoms with van der Waals surface area (Å²) in [5.41, 5.74) is 8.03. The van der Waals surface area contributed by atoms with Crippen LogP contribution in [0, 0.1) is 0 Å². The van der Waals surface area contributed by atoms with Crippen molar-refractivity contribution in [1.82, 2.24) is 0 Å². The van der Waals surface area contributed by atoms with Gasteiger partial charge in [-0.3, -0.25) is 0 Å². The van der Waals surface area contributed by atoms with Crippen LogP contribution in [0.15, 0.2) is 97.1 Å². The monoisotopic (exact) mass is 504 g/mol. The van der Waals surface area contributed by atoms with Gasteiger partial charge in [0.25, 0.3) is 0 Å². The molecule has 0 radical (unpaired) electrons. The van der Waals surface area contributed by atoms with Gasteiger partial charge < -0.3 is 4.89 Å². The Balaban J connectivity index is 1.91. The number of hydrogen-bond donors (Lipinski definition) is 0. The number of benzene rings is 4. The molecular weight excluding hydrogens is 464 g/mol. The molecule has 0 aliphatic carbocycles. The Kier molecular flexibility index (Phi) is 6.73. The lowest BCUT2D eigenvalue weighted by molar-refractivity contribution is -0.208. The van der Waals surface area contributed by atoms with Crippen LogP contribution in [0.4, 0.5) is 0 Å². The summed E-state index contributed by atoms with van der Waals surface area (Å²) in [6, 6.07) is 34.8. The first-order valence-corrected chi connectivity index (χ1v) is 13.7. The van der Waals surface area contributed by atoms with Crippen LogP contribution in [0.25, 0.3) is 0 Å². The fourth-order valence-electron chi connectivity index (χ4n) is 6.18. The van der Waals surface area contributed by atoms with E-state index in [9.17, 15) is 0 Å². The smallest absolute Gasteiger partial charge is 0.173 e. The van der Waals surface area contributed by atoms with Gasteiger partial charge in [-0.2, -0.15) is 4.89 Å². The lowest BCUT2D eigenvalue weighted by Crippen LogP contribution is -2.30. The quantitative estimate of drug-likeness (QED) is 0.244. The van der Waals surface area contributed by atoms with E-state index in [4.69, 9.17) is 9.78 Å². The maximum atomic E-state index is 6.33. The fourth-order valence-corrected chi connectivity index (χ4v) is 6.18. The number of fused-ring (bicyclic) bond motifs is 2. The summed E-state index contributed by atoms with van der Waals surface area (Å²) in [5.74, 6) is 1.03. The maximum Gasteiger partial charge on any atom is 0.173 e. The van der Waals surface area contributed by atoms with Crippen LogP contribution < -0.4 is 4.89 Å². The molecule has 0 fully saturated rings. The van der Waals surface area contributed by atoms with Crippen molar-refractivity contribution < 1.29 is 9.78 Å². The summed E-state index contributed by atoms with van der Waals surface area (Å²) in [5, 5.41) is 0. The first-order valence-electron chi connectivity index (χ1n) is 13.7. The zero-order valence-electron chi connectivity index (χ0n) is 23.8. The van der Waals surface area contributed by atoms with Crippen LogP contribution >= 0.6 is 0 Å². The third-order valence-electron chi connectivity index (χ3n) is 8.73. The van der Waals surface area contributed by atoms with E-state index in [1.807, 2.05) is 0 Å². The van der Waals surface area contributed by atoms with Gasteiger partial charge in [-0.25, -0.2) is 0 Å². The molecule has 1 heterocycles. The van der Waals surface area contributed by atoms with E-state index in [0.717, 1.165) is 11.3 Å². The van der Waals surface area contributed by atoms with Crippen molar-refractivity contribution in [1.29, 1.82) is 0 Å². The molecule has 0 N–H and O–H groups in total. The van der Waals surface area contributed by atoms with Gasteiger partial charge in [-0.1, -0.05) is 139 Å². The van der Waals surface area contributed by atoms with Crippen molar-refractivity contribution in [3.05, 3.63) is 136 Å². The van der Waals surface area contributed by atoms with Gasteiger partial charge in [0.15, 0.2) is 5.75 Å². The van der Waals surface area contributed by atoms with E-state index >= 15 is 0 Å². The highest BCUT2D eigenvalue weighted by Crippen LogP contribution is 2.53. The molecule has 4 aromatic rings. The summed E-state index contributed by atoms with van der Waals surface area (Å²) < 4.78 is 0. The Labute approximate surface area is 228 Å². The molecule has 2 heteroatoms. The van der Waals surface area contributed by atoms with Crippen molar-refractivity contribution in [2.75, 3.05) is 6.61 Å². The summed E-state index contributed by atoms with van der Waals surface area (Å²) >= 11 is 0. The number of rotatable bonds is 6. The Morgan fingerprint density at radius 1 is 0.579 bits per heavy atom. The van der Waals surface area contributed by atoms with Crippen molar-refractivity contribution in [2.24, 2.45) is 0 Å². The summed E-state index contributed by atoms with van der Waals surface area (Å²) in [6.45, 7) is 16.7. The minimum absolute atomic E-state index is 0.168. The van der Waals surface area contributed by atoms with E-state index in [1.54, 1.807) is 0 Å². The highest BCUT2D eigenvalue weighted by molar-refractivity contribution is 5.64. The van der Waals surface area contributed by atoms with Crippen molar-refractivity contribution in [3.63, 3.8) is 0 Å². The molecule has 1 aliphatic heterocycles. The van der Waals surface area contributed by atoms with Crippen LogP contribution in [-0.4, -0.2) is 6.61 Å². The predicted octanol–water partition coefficient (Wildman–Crippen LogP) is 9.09. The Bertz CT molecular complexity index is 1400. The second-order valence-electron chi connectivity index (χ2n) is 12.3. The second kappa shape index (κ2) is 9.75. The average molecular weight is 505 g/mol. The third-order valence-corrected chi connectivity index (χ3v) is 8.73. The fraction of sp³-hybridized carbons (Fsp3) is 0.333. The van der Waals surface area contributed by atoms with Crippen LogP contribution in [0.2, 0.25) is 0 Å². The summed E-state index contributed by atoms with van der Waals surface area (Å²) in [4.78, 5) is 12.3. The lowest BCUT2D eigenvalue weighted by atomic mass is 9.64. The predicted molar refractivity (Wildman–Crippen MR) is 157 cm³/mol. The standard InChI is InChI=1S/C36H40O2/c1-25-24-37-38-33-30(35(4,5)27-19-13-9-14-20-27)23-29(34(2,3)26-17-11-8-12-18-26)31(25)32(33)36(6,7)28-21-15-10-16-22-28/h8-23,25H,24H2,1-7H3. The van der Waals surface area contributed by atoms with Crippen molar-refractivity contribution >= 4 is 0 Å². The normalized spacial score (nSPS) is 16.0. The Morgan fingerprint density at radius 2 is 1.00 bits per heavy atom. The highest BCUT2D eigenvalue weighted by Gasteiger charge is 2.42. The van der Waals surface area contributed by atoms with Gasteiger partial charge in [0, 0.05) is 33.3 Å². The van der Waals surface area contributed by atoms with Crippen LogP contribution in [0.1, 0.15) is 93.3 Å². The molecule has 5 rings (SSSR count). The van der Waals surface area contributed by atoms with Crippen molar-refractivity contribution in [2.45, 2.75) is 70.6 Å². The Morgan fingerprint density at radius 3 is 1.47 bits per heavy atom. The van der Waals surface area contributed by atoms with Gasteiger partial charge >= 0.3 is 0 Å². The van der Waals surface area contributed by atoms with E-state index in [1.165, 1.54) is 33.4 Å². The van der Waals surface area contributed by atoms with Gasteiger partial charge in [0.2, 0.25) is 0 Å². The first kappa shape index (κ1) is 26.3. The molecule has 1 unspecified atom stereocenters. The zero-order valence-corrected chi connectivity index (χ0v) is 23.8. The summed E-state index contributed by atoms with van der Waals surface area (Å²) in [7, 11) is 0. The van der Waals surface area contributed by atoms with Gasteiger partial charge in [-0.05, 0) is 33.9 Å². The molecular formula is C36H40O2. The van der Waals surface area contributed by atoms with Crippen molar-refractivity contribution in [3.8, 4) is 5.75 Å². The molecule has 0 aromatic heterocycles. The van der Waals surface area contributed by atoms with Crippen LogP contribution in [0.5, 0.6) is 5.75 Å². The number of hydrogen-bond acceptors (Lipinski definition) is 2. The molecule has 1 aliphatic rings. The minimum atomic E-state index is -0.310. The SMILES string of the molecule is CC1COOc2c(C(C)(C)c3ccccc3)cc(C(C)(C)c3ccccc3)c1c2C(C)(C)c1ccccc1. The molecule has 4 aromatic carbocycles. The van der Waals surface area contributed by atoms with E-state index in [-0.39, 0.29) is 22.2 Å². The molecule has 38 heavy (non-hydrogen) atoms. The first-order chi connectivity index (χ1) is 18.1. The van der Waals surface area contributed by atoms with Crippen LogP contribution in [0.3, 0.4) is 0 Å². The third kappa shape index (κ3) is 4.35. The molecule has 0 amide bonds. The van der Waals surface area contributed by atoms with Crippen LogP contribution in [-0.2, 0) is 21.1 Å². The van der Waals surface area contributed by atoms with Gasteiger partial charge in [-0.15, -0.1) is 0 Å². The van der Waals surface area contributed by atoms with Gasteiger partial charge in [0.1, 0.15) is 6.61 Å². The van der Waals surface area contributed by atoms with E-state index < -0.39 is 0 Å². The highest BCUT2D eigenvalue weighted by atomic mass is 17.2. The maximum absolute atomic E-state index is 6.33. The molecule has 2 bridgehead atoms. The van der Waals surface area contributed by atoms with Gasteiger partial charge in [0.05, 0.1) is 0 Å². The minimum Gasteiger partial charge on any atom is -0.337 e. The van der Waals surface area contributed by atoms with E-state index in [0.29, 0.717) is 6.61 Å². The molecule has 0 saturated heterocycles. The molecule has 0 saturated carbocycles. The molecule has 2 nitrogen and oxygen atoms in total. The zero-order chi connectivity index (χ0) is 27.1. The van der Waals surface area contributed by atoms with E-state index in [2.05, 4.69) is 146 Å². The molecule has 1 atom stereocenters. The molecule has 196 valence electrons. The lowest BCUT2D eigenvalue weighted by Gasteiger charge is -2.39. The topological polar surface area (TPSA) is 18.5 Å². The average Bonchev–Trinajstić information content (AvgIpc) is 3.05. The summed E-state index contributed by atoms with van der Waals surface area (Å²) in [6.07, 6.45) is 0. The molecule has 0 spiro atoms. The Hall–Kier alpha value is -3.36. The largest absolute Gasteiger partial charge is 0.337 e.